The minimum absolute atomic E-state index is 0. The fourth-order valence-electron chi connectivity index (χ4n) is 1.82. The van der Waals surface area contributed by atoms with Crippen molar-refractivity contribution in [3.63, 3.8) is 0 Å². The predicted molar refractivity (Wildman–Crippen MR) is 44.2 cm³/mol. The van der Waals surface area contributed by atoms with E-state index in [9.17, 15) is 0 Å². The number of halogens is 2. The number of hydrogen-bond acceptors (Lipinski definition) is 2. The van der Waals surface area contributed by atoms with Gasteiger partial charge in [-0.1, -0.05) is 12.8 Å². The van der Waals surface area contributed by atoms with Crippen LogP contribution in [-0.2, 0) is 17.1 Å². The minimum atomic E-state index is 0. The predicted octanol–water partition coefficient (Wildman–Crippen LogP) is -5.26. The van der Waals surface area contributed by atoms with E-state index in [1.807, 2.05) is 0 Å². The first-order valence-electron chi connectivity index (χ1n) is 4.23. The molecular weight excluding hydrogens is 259 g/mol. The summed E-state index contributed by atoms with van der Waals surface area (Å²) in [4.78, 5) is 0. The Morgan fingerprint density at radius 3 is 1.38 bits per heavy atom. The van der Waals surface area contributed by atoms with Crippen LogP contribution < -0.4 is 35.4 Å². The van der Waals surface area contributed by atoms with Crippen LogP contribution in [0.15, 0.2) is 0 Å². The van der Waals surface area contributed by atoms with Crippen molar-refractivity contribution in [2.45, 2.75) is 37.8 Å². The summed E-state index contributed by atoms with van der Waals surface area (Å²) >= 11 is 0. The number of nitrogens with one attached hydrogen (secondary N) is 2. The molecule has 2 nitrogen and oxygen atoms in total. The minimum Gasteiger partial charge on any atom is -1.00 e. The molecule has 5 heteroatoms. The molecule has 1 rings (SSSR count). The molecule has 1 fully saturated rings. The molecule has 1 aliphatic rings. The monoisotopic (exact) mass is 275 g/mol. The second kappa shape index (κ2) is 11.1. The van der Waals surface area contributed by atoms with E-state index in [2.05, 4.69) is 24.7 Å². The largest absolute Gasteiger partial charge is 2.00 e. The first-order valence-corrected chi connectivity index (χ1v) is 4.23. The number of likely N-dealkylation sites (N-methyl/N-ethyl adjacent to an activating group) is 2. The number of rotatable bonds is 2. The SMILES string of the molecule is CNC1CCCCC1NC.[Cl-].[Cl-].[Cu+2]. The Bertz CT molecular complexity index is 94.1. The van der Waals surface area contributed by atoms with E-state index in [1.165, 1.54) is 25.7 Å². The zero-order valence-corrected chi connectivity index (χ0v) is 10.5. The fraction of sp³-hybridized carbons (Fsp3) is 1.00. The van der Waals surface area contributed by atoms with E-state index in [4.69, 9.17) is 0 Å². The van der Waals surface area contributed by atoms with Crippen LogP contribution in [0.3, 0.4) is 0 Å². The third-order valence-corrected chi connectivity index (χ3v) is 2.51. The van der Waals surface area contributed by atoms with Crippen molar-refractivity contribution in [2.75, 3.05) is 14.1 Å². The van der Waals surface area contributed by atoms with Crippen molar-refractivity contribution < 1.29 is 41.9 Å². The third kappa shape index (κ3) is 6.16. The maximum Gasteiger partial charge on any atom is 2.00 e. The Balaban J connectivity index is -0.000000333. The van der Waals surface area contributed by atoms with Crippen LogP contribution in [0, 0.1) is 0 Å². The molecule has 1 saturated carbocycles. The normalized spacial score (nSPS) is 26.3. The van der Waals surface area contributed by atoms with Gasteiger partial charge in [0.25, 0.3) is 0 Å². The fourth-order valence-corrected chi connectivity index (χ4v) is 1.82. The average molecular weight is 277 g/mol. The molecule has 0 heterocycles. The van der Waals surface area contributed by atoms with Crippen LogP contribution in [0.2, 0.25) is 0 Å². The summed E-state index contributed by atoms with van der Waals surface area (Å²) in [6, 6.07) is 1.41. The quantitative estimate of drug-likeness (QED) is 0.493. The molecule has 0 saturated heterocycles. The molecular formula is C8H18Cl2CuN2. The van der Waals surface area contributed by atoms with Crippen LogP contribution in [0.4, 0.5) is 0 Å². The molecule has 85 valence electrons. The maximum atomic E-state index is 3.34. The summed E-state index contributed by atoms with van der Waals surface area (Å²) < 4.78 is 0. The van der Waals surface area contributed by atoms with Crippen LogP contribution in [-0.4, -0.2) is 26.2 Å². The van der Waals surface area contributed by atoms with Gasteiger partial charge >= 0.3 is 17.1 Å². The molecule has 0 bridgehead atoms. The summed E-state index contributed by atoms with van der Waals surface area (Å²) in [5.74, 6) is 0. The summed E-state index contributed by atoms with van der Waals surface area (Å²) in [6.45, 7) is 0. The Morgan fingerprint density at radius 2 is 1.15 bits per heavy atom. The summed E-state index contributed by atoms with van der Waals surface area (Å²) in [6.07, 6.45) is 5.46. The van der Waals surface area contributed by atoms with Gasteiger partial charge in [-0.25, -0.2) is 0 Å². The van der Waals surface area contributed by atoms with Crippen LogP contribution >= 0.6 is 0 Å². The van der Waals surface area contributed by atoms with Gasteiger partial charge < -0.3 is 35.4 Å². The van der Waals surface area contributed by atoms with Gasteiger partial charge in [0.15, 0.2) is 0 Å². The van der Waals surface area contributed by atoms with Gasteiger partial charge in [-0.05, 0) is 26.9 Å². The van der Waals surface area contributed by atoms with Crippen molar-refractivity contribution in [1.82, 2.24) is 10.6 Å². The van der Waals surface area contributed by atoms with Gasteiger partial charge in [0.05, 0.1) is 0 Å². The van der Waals surface area contributed by atoms with Gasteiger partial charge in [-0.2, -0.15) is 0 Å². The van der Waals surface area contributed by atoms with E-state index in [-0.39, 0.29) is 41.9 Å². The van der Waals surface area contributed by atoms with Gasteiger partial charge in [0.1, 0.15) is 0 Å². The standard InChI is InChI=1S/C8H18N2.2ClH.Cu/c1-9-7-5-3-4-6-8(7)10-2;;;/h7-10H,3-6H2,1-2H3;2*1H;/q;;;+2/p-2. The molecule has 1 aliphatic carbocycles. The van der Waals surface area contributed by atoms with E-state index in [0.717, 1.165) is 0 Å². The Kier molecular flexibility index (Phi) is 16.7. The van der Waals surface area contributed by atoms with Crippen LogP contribution in [0.25, 0.3) is 0 Å². The van der Waals surface area contributed by atoms with Gasteiger partial charge in [0, 0.05) is 12.1 Å². The average Bonchev–Trinajstić information content (AvgIpc) is 2.04. The van der Waals surface area contributed by atoms with E-state index in [0.29, 0.717) is 12.1 Å². The van der Waals surface area contributed by atoms with Gasteiger partial charge in [-0.15, -0.1) is 0 Å². The molecule has 0 spiro atoms. The summed E-state index contributed by atoms with van der Waals surface area (Å²) in [5.41, 5.74) is 0. The molecule has 0 aromatic carbocycles. The van der Waals surface area contributed by atoms with Crippen LogP contribution in [0.5, 0.6) is 0 Å². The zero-order valence-electron chi connectivity index (χ0n) is 8.04. The Labute approximate surface area is 104 Å². The smallest absolute Gasteiger partial charge is 1.00 e. The molecule has 0 amide bonds. The van der Waals surface area contributed by atoms with Gasteiger partial charge in [0.2, 0.25) is 0 Å². The Hall–Kier alpha value is 1.02. The van der Waals surface area contributed by atoms with E-state index < -0.39 is 0 Å². The molecule has 0 aliphatic heterocycles. The van der Waals surface area contributed by atoms with E-state index >= 15 is 0 Å². The molecule has 1 radical (unpaired) electrons. The first-order chi connectivity index (χ1) is 4.88. The second-order valence-electron chi connectivity index (χ2n) is 3.07. The molecule has 2 atom stereocenters. The summed E-state index contributed by atoms with van der Waals surface area (Å²) in [7, 11) is 4.11. The first kappa shape index (κ1) is 19.6. The van der Waals surface area contributed by atoms with Crippen molar-refractivity contribution in [2.24, 2.45) is 0 Å². The van der Waals surface area contributed by atoms with Crippen LogP contribution in [0.1, 0.15) is 25.7 Å². The molecule has 13 heavy (non-hydrogen) atoms. The molecule has 2 N–H and O–H groups in total. The molecule has 0 aromatic rings. The zero-order chi connectivity index (χ0) is 7.40. The van der Waals surface area contributed by atoms with Gasteiger partial charge in [-0.3, -0.25) is 0 Å². The van der Waals surface area contributed by atoms with Crippen molar-refractivity contribution in [3.05, 3.63) is 0 Å². The number of hydrogen-bond donors (Lipinski definition) is 2. The summed E-state index contributed by atoms with van der Waals surface area (Å²) in [5, 5.41) is 6.68. The third-order valence-electron chi connectivity index (χ3n) is 2.51. The second-order valence-corrected chi connectivity index (χ2v) is 3.07. The van der Waals surface area contributed by atoms with Crippen molar-refractivity contribution in [3.8, 4) is 0 Å². The molecule has 2 unspecified atom stereocenters. The van der Waals surface area contributed by atoms with Crippen molar-refractivity contribution >= 4 is 0 Å². The topological polar surface area (TPSA) is 24.1 Å². The van der Waals surface area contributed by atoms with Crippen molar-refractivity contribution in [1.29, 1.82) is 0 Å². The Morgan fingerprint density at radius 1 is 0.846 bits per heavy atom. The van der Waals surface area contributed by atoms with E-state index in [1.54, 1.807) is 0 Å². The molecule has 0 aromatic heterocycles. The maximum absolute atomic E-state index is 3.34.